The molecule has 2 unspecified atom stereocenters. The Morgan fingerprint density at radius 1 is 1.12 bits per heavy atom. The number of hydrogen-bond acceptors (Lipinski definition) is 5. The zero-order chi connectivity index (χ0) is 19.3. The van der Waals surface area contributed by atoms with E-state index in [0.717, 1.165) is 0 Å². The molecule has 1 aromatic carbocycles. The van der Waals surface area contributed by atoms with E-state index >= 15 is 0 Å². The lowest BCUT2D eigenvalue weighted by Gasteiger charge is -2.35. The lowest BCUT2D eigenvalue weighted by Crippen LogP contribution is -2.52. The number of carbonyl (C=O) groups excluding carboxylic acids is 3. The van der Waals surface area contributed by atoms with Gasteiger partial charge in [0.25, 0.3) is 5.91 Å². The highest BCUT2D eigenvalue weighted by atomic mass is 32.2. The van der Waals surface area contributed by atoms with E-state index in [9.17, 15) is 18.6 Å². The zero-order valence-corrected chi connectivity index (χ0v) is 16.1. The van der Waals surface area contributed by atoms with Crippen LogP contribution in [0.1, 0.15) is 31.1 Å². The quantitative estimate of drug-likeness (QED) is 0.713. The summed E-state index contributed by atoms with van der Waals surface area (Å²) in [6, 6.07) is 6.56. The molecule has 2 amide bonds. The molecule has 0 N–H and O–H groups in total. The Hall–Kier alpha value is -2.22. The Balaban J connectivity index is 2.00. The van der Waals surface area contributed by atoms with Gasteiger partial charge in [0, 0.05) is 38.9 Å². The van der Waals surface area contributed by atoms with Crippen LogP contribution in [0.4, 0.5) is 0 Å². The number of hydrogen-bond donors (Lipinski definition) is 0. The number of nitrogens with zero attached hydrogens (tertiary/aromatic N) is 2. The van der Waals surface area contributed by atoms with Gasteiger partial charge in [-0.1, -0.05) is 19.1 Å². The molecule has 0 spiro atoms. The molecule has 26 heavy (non-hydrogen) atoms. The van der Waals surface area contributed by atoms with Crippen molar-refractivity contribution in [1.29, 1.82) is 0 Å². The van der Waals surface area contributed by atoms with Crippen LogP contribution < -0.4 is 0 Å². The lowest BCUT2D eigenvalue weighted by molar-refractivity contribution is -0.144. The second-order valence-corrected chi connectivity index (χ2v) is 7.72. The maximum Gasteiger partial charge on any atom is 0.340 e. The van der Waals surface area contributed by atoms with Crippen molar-refractivity contribution in [2.75, 3.05) is 31.9 Å². The van der Waals surface area contributed by atoms with Gasteiger partial charge in [0.1, 0.15) is 0 Å². The fraction of sp³-hybridized carbons (Fsp3) is 0.500. The van der Waals surface area contributed by atoms with E-state index in [-0.39, 0.29) is 17.4 Å². The molecule has 0 radical (unpaired) electrons. The maximum absolute atomic E-state index is 12.5. The van der Waals surface area contributed by atoms with Crippen molar-refractivity contribution in [3.63, 3.8) is 0 Å². The predicted octanol–water partition coefficient (Wildman–Crippen LogP) is 1.05. The molecule has 0 aromatic heterocycles. The predicted molar refractivity (Wildman–Crippen MR) is 97.1 cm³/mol. The van der Waals surface area contributed by atoms with Crippen molar-refractivity contribution in [1.82, 2.24) is 9.80 Å². The number of ether oxygens (including phenoxy) is 1. The van der Waals surface area contributed by atoms with Crippen LogP contribution in [-0.2, 0) is 25.1 Å². The molecule has 0 bridgehead atoms. The Morgan fingerprint density at radius 3 is 2.27 bits per heavy atom. The SMILES string of the molecule is CCS(=O)c1ccccc1C(=O)OC(C)C(=O)N1CCN(C(C)=O)CC1. The van der Waals surface area contributed by atoms with Gasteiger partial charge >= 0.3 is 5.97 Å². The number of carbonyl (C=O) groups is 3. The van der Waals surface area contributed by atoms with Crippen LogP contribution in [0, 0.1) is 0 Å². The van der Waals surface area contributed by atoms with Gasteiger partial charge in [-0.2, -0.15) is 0 Å². The van der Waals surface area contributed by atoms with Gasteiger partial charge in [-0.3, -0.25) is 13.8 Å². The van der Waals surface area contributed by atoms with Gasteiger partial charge in [0.15, 0.2) is 6.10 Å². The second kappa shape index (κ2) is 8.93. The molecule has 8 heteroatoms. The minimum absolute atomic E-state index is 0.0166. The Labute approximate surface area is 155 Å². The first kappa shape index (κ1) is 20.1. The molecule has 7 nitrogen and oxygen atoms in total. The van der Waals surface area contributed by atoms with E-state index in [4.69, 9.17) is 4.74 Å². The van der Waals surface area contributed by atoms with Gasteiger partial charge in [-0.15, -0.1) is 0 Å². The Morgan fingerprint density at radius 2 is 1.69 bits per heavy atom. The van der Waals surface area contributed by atoms with Crippen molar-refractivity contribution in [2.45, 2.75) is 31.8 Å². The zero-order valence-electron chi connectivity index (χ0n) is 15.3. The fourth-order valence-electron chi connectivity index (χ4n) is 2.76. The summed E-state index contributed by atoms with van der Waals surface area (Å²) in [6.45, 7) is 6.56. The normalized spacial score (nSPS) is 16.7. The molecule has 2 rings (SSSR count). The van der Waals surface area contributed by atoms with Crippen LogP contribution in [0.25, 0.3) is 0 Å². The van der Waals surface area contributed by atoms with Gasteiger partial charge in [0.2, 0.25) is 5.91 Å². The molecule has 142 valence electrons. The van der Waals surface area contributed by atoms with Crippen molar-refractivity contribution in [3.8, 4) is 0 Å². The van der Waals surface area contributed by atoms with E-state index in [1.54, 1.807) is 41.0 Å². The number of amides is 2. The summed E-state index contributed by atoms with van der Waals surface area (Å²) in [7, 11) is -1.29. The summed E-state index contributed by atoms with van der Waals surface area (Å²) >= 11 is 0. The van der Waals surface area contributed by atoms with E-state index in [1.165, 1.54) is 13.8 Å². The third kappa shape index (κ3) is 4.69. The Bertz CT molecular complexity index is 713. The van der Waals surface area contributed by atoms with Crippen molar-refractivity contribution >= 4 is 28.6 Å². The van der Waals surface area contributed by atoms with Gasteiger partial charge in [0.05, 0.1) is 21.3 Å². The standard InChI is InChI=1S/C18H24N2O5S/c1-4-26(24)16-8-6-5-7-15(16)18(23)25-13(2)17(22)20-11-9-19(10-12-20)14(3)21/h5-8,13H,4,9-12H2,1-3H3. The fourth-order valence-corrected chi connectivity index (χ4v) is 3.70. The van der Waals surface area contributed by atoms with E-state index in [0.29, 0.717) is 36.8 Å². The Kier molecular flexibility index (Phi) is 6.90. The van der Waals surface area contributed by atoms with Crippen LogP contribution in [-0.4, -0.2) is 69.8 Å². The summed E-state index contributed by atoms with van der Waals surface area (Å²) in [6.07, 6.45) is -0.950. The summed E-state index contributed by atoms with van der Waals surface area (Å²) < 4.78 is 17.4. The van der Waals surface area contributed by atoms with Crippen LogP contribution >= 0.6 is 0 Å². The third-order valence-electron chi connectivity index (χ3n) is 4.28. The smallest absolute Gasteiger partial charge is 0.340 e. The molecule has 1 heterocycles. The van der Waals surface area contributed by atoms with E-state index in [2.05, 4.69) is 0 Å². The summed E-state index contributed by atoms with van der Waals surface area (Å²) in [4.78, 5) is 40.0. The second-order valence-electron chi connectivity index (χ2n) is 6.01. The average Bonchev–Trinajstić information content (AvgIpc) is 2.66. The van der Waals surface area contributed by atoms with E-state index < -0.39 is 22.9 Å². The van der Waals surface area contributed by atoms with Crippen LogP contribution in [0.5, 0.6) is 0 Å². The van der Waals surface area contributed by atoms with Gasteiger partial charge in [-0.25, -0.2) is 4.79 Å². The summed E-state index contributed by atoms with van der Waals surface area (Å²) in [5.74, 6) is -0.586. The number of benzene rings is 1. The van der Waals surface area contributed by atoms with Gasteiger partial charge in [-0.05, 0) is 19.1 Å². The molecular formula is C18H24N2O5S. The molecule has 2 atom stereocenters. The van der Waals surface area contributed by atoms with Crippen LogP contribution in [0.3, 0.4) is 0 Å². The van der Waals surface area contributed by atoms with Crippen LogP contribution in [0.2, 0.25) is 0 Å². The summed E-state index contributed by atoms with van der Waals surface area (Å²) in [5, 5.41) is 0. The molecule has 1 aliphatic heterocycles. The monoisotopic (exact) mass is 380 g/mol. The molecule has 1 fully saturated rings. The molecule has 0 aliphatic carbocycles. The van der Waals surface area contributed by atoms with E-state index in [1.807, 2.05) is 0 Å². The molecular weight excluding hydrogens is 356 g/mol. The molecule has 1 aromatic rings. The highest BCUT2D eigenvalue weighted by Gasteiger charge is 2.28. The molecule has 1 aliphatic rings. The molecule has 1 saturated heterocycles. The number of piperazine rings is 1. The average molecular weight is 380 g/mol. The first-order valence-corrected chi connectivity index (χ1v) is 9.89. The van der Waals surface area contributed by atoms with Gasteiger partial charge < -0.3 is 14.5 Å². The van der Waals surface area contributed by atoms with Crippen molar-refractivity contribution < 1.29 is 23.3 Å². The van der Waals surface area contributed by atoms with Crippen molar-refractivity contribution in [2.24, 2.45) is 0 Å². The highest BCUT2D eigenvalue weighted by Crippen LogP contribution is 2.16. The largest absolute Gasteiger partial charge is 0.449 e. The maximum atomic E-state index is 12.5. The van der Waals surface area contributed by atoms with Crippen LogP contribution in [0.15, 0.2) is 29.2 Å². The first-order valence-electron chi connectivity index (χ1n) is 8.57. The first-order chi connectivity index (χ1) is 12.3. The molecule has 0 saturated carbocycles. The minimum Gasteiger partial charge on any atom is -0.449 e. The van der Waals surface area contributed by atoms with Crippen molar-refractivity contribution in [3.05, 3.63) is 29.8 Å². The lowest BCUT2D eigenvalue weighted by atomic mass is 10.2. The third-order valence-corrected chi connectivity index (χ3v) is 5.65. The summed E-state index contributed by atoms with van der Waals surface area (Å²) in [5.41, 5.74) is 0.216. The minimum atomic E-state index is -1.29. The number of rotatable bonds is 5. The number of esters is 1. The highest BCUT2D eigenvalue weighted by molar-refractivity contribution is 7.85. The topological polar surface area (TPSA) is 84.0 Å².